The van der Waals surface area contributed by atoms with Gasteiger partial charge in [0.05, 0.1) is 32.1 Å². The molecule has 156 valence electrons. The Morgan fingerprint density at radius 2 is 1.73 bits per heavy atom. The average molecular weight is 449 g/mol. The second-order valence-electron chi connectivity index (χ2n) is 7.19. The van der Waals surface area contributed by atoms with E-state index in [1.165, 1.54) is 23.9 Å². The standard InChI is InChI=1S/C19H16ClN3O6S/c20-16-14(30-13-7-2-1-5-11(13)22(26)27)8-10-15(16)9-4-3-6-12(23(28)29)17(9)21-18(10)19(24)25/h1-7,10,14-16,18,21H,8H2,(H,24,25)/p-1/t10-,14+,15-,16+,18-/m0/s1. The van der Waals surface area contributed by atoms with Crippen LogP contribution in [-0.4, -0.2) is 32.5 Å². The Morgan fingerprint density at radius 3 is 2.40 bits per heavy atom. The molecule has 1 aliphatic carbocycles. The fourth-order valence-electron chi connectivity index (χ4n) is 4.38. The molecule has 2 aliphatic rings. The molecule has 1 N–H and O–H groups in total. The SMILES string of the molecule is O=C([O-])[C@H]1Nc2c(cccc2[N+](=O)[O-])[C@@H]2[C@H](Cl)[C@H](Sc3ccccc3[N+](=O)[O-])C[C@@H]21. The molecule has 1 heterocycles. The van der Waals surface area contributed by atoms with Crippen molar-refractivity contribution in [2.75, 3.05) is 5.32 Å². The van der Waals surface area contributed by atoms with Crippen LogP contribution in [0.4, 0.5) is 17.1 Å². The maximum absolute atomic E-state index is 11.8. The van der Waals surface area contributed by atoms with Crippen molar-refractivity contribution in [2.45, 2.75) is 33.9 Å². The van der Waals surface area contributed by atoms with Crippen LogP contribution in [-0.2, 0) is 4.79 Å². The number of aliphatic carboxylic acids is 1. The molecule has 0 spiro atoms. The average Bonchev–Trinajstić information content (AvgIpc) is 3.03. The lowest BCUT2D eigenvalue weighted by atomic mass is 9.79. The van der Waals surface area contributed by atoms with Gasteiger partial charge < -0.3 is 15.2 Å². The molecular weight excluding hydrogens is 434 g/mol. The number of anilines is 1. The number of fused-ring (bicyclic) bond motifs is 3. The number of alkyl halides is 1. The van der Waals surface area contributed by atoms with Crippen molar-refractivity contribution in [3.63, 3.8) is 0 Å². The number of rotatable bonds is 5. The summed E-state index contributed by atoms with van der Waals surface area (Å²) in [5, 5.41) is 36.5. The highest BCUT2D eigenvalue weighted by Gasteiger charge is 2.51. The maximum atomic E-state index is 11.8. The first kappa shape index (κ1) is 20.4. The summed E-state index contributed by atoms with van der Waals surface area (Å²) in [5.74, 6) is -2.30. The first-order valence-electron chi connectivity index (χ1n) is 9.08. The minimum atomic E-state index is -1.37. The molecule has 5 atom stereocenters. The Kier molecular flexibility index (Phi) is 5.29. The van der Waals surface area contributed by atoms with Crippen molar-refractivity contribution in [1.82, 2.24) is 0 Å². The van der Waals surface area contributed by atoms with E-state index in [0.717, 1.165) is 0 Å². The molecular formula is C19H15ClN3O6S-. The lowest BCUT2D eigenvalue weighted by molar-refractivity contribution is -0.387. The summed E-state index contributed by atoms with van der Waals surface area (Å²) >= 11 is 7.99. The van der Waals surface area contributed by atoms with Crippen LogP contribution in [0.3, 0.4) is 0 Å². The summed E-state index contributed by atoms with van der Waals surface area (Å²) in [6.45, 7) is 0. The number of para-hydroxylation sites is 2. The topological polar surface area (TPSA) is 138 Å². The number of nitrogens with zero attached hydrogens (tertiary/aromatic N) is 2. The van der Waals surface area contributed by atoms with E-state index >= 15 is 0 Å². The molecule has 0 radical (unpaired) electrons. The van der Waals surface area contributed by atoms with Gasteiger partial charge in [-0.2, -0.15) is 0 Å². The van der Waals surface area contributed by atoms with Gasteiger partial charge in [-0.3, -0.25) is 20.2 Å². The normalized spacial score (nSPS) is 26.9. The van der Waals surface area contributed by atoms with Crippen LogP contribution in [0.25, 0.3) is 0 Å². The van der Waals surface area contributed by atoms with Crippen molar-refractivity contribution < 1.29 is 19.7 Å². The molecule has 0 saturated heterocycles. The Morgan fingerprint density at radius 1 is 1.07 bits per heavy atom. The monoisotopic (exact) mass is 448 g/mol. The highest BCUT2D eigenvalue weighted by Crippen LogP contribution is 2.56. The third-order valence-electron chi connectivity index (χ3n) is 5.62. The van der Waals surface area contributed by atoms with Crippen molar-refractivity contribution in [2.24, 2.45) is 5.92 Å². The minimum Gasteiger partial charge on any atom is -0.548 e. The highest BCUT2D eigenvalue weighted by atomic mass is 35.5. The number of carbonyl (C=O) groups excluding carboxylic acids is 1. The van der Waals surface area contributed by atoms with E-state index in [0.29, 0.717) is 16.9 Å². The Bertz CT molecular complexity index is 1050. The lowest BCUT2D eigenvalue weighted by Gasteiger charge is -2.38. The van der Waals surface area contributed by atoms with Gasteiger partial charge >= 0.3 is 0 Å². The van der Waals surface area contributed by atoms with E-state index < -0.39 is 39.1 Å². The molecule has 1 fully saturated rings. The molecule has 0 unspecified atom stereocenters. The largest absolute Gasteiger partial charge is 0.548 e. The van der Waals surface area contributed by atoms with E-state index in [1.807, 2.05) is 0 Å². The Labute approximate surface area is 179 Å². The lowest BCUT2D eigenvalue weighted by Crippen LogP contribution is -2.49. The minimum absolute atomic E-state index is 0.0492. The van der Waals surface area contributed by atoms with Gasteiger partial charge in [-0.15, -0.1) is 23.4 Å². The second kappa shape index (κ2) is 7.77. The zero-order valence-electron chi connectivity index (χ0n) is 15.3. The number of carbonyl (C=O) groups is 1. The van der Waals surface area contributed by atoms with Crippen LogP contribution in [0.1, 0.15) is 17.9 Å². The summed E-state index contributed by atoms with van der Waals surface area (Å²) in [7, 11) is 0. The van der Waals surface area contributed by atoms with Gasteiger partial charge in [-0.25, -0.2) is 0 Å². The second-order valence-corrected chi connectivity index (χ2v) is 8.98. The van der Waals surface area contributed by atoms with Gasteiger partial charge in [0.2, 0.25) is 0 Å². The number of hydrogen-bond acceptors (Lipinski definition) is 8. The van der Waals surface area contributed by atoms with Crippen LogP contribution >= 0.6 is 23.4 Å². The summed E-state index contributed by atoms with van der Waals surface area (Å²) in [5.41, 5.74) is 0.444. The smallest absolute Gasteiger partial charge is 0.292 e. The number of carboxylic acid groups (broad SMARTS) is 1. The van der Waals surface area contributed by atoms with Gasteiger partial charge in [-0.1, -0.05) is 24.3 Å². The Hall–Kier alpha value is -2.85. The number of halogens is 1. The molecule has 1 saturated carbocycles. The molecule has 0 amide bonds. The van der Waals surface area contributed by atoms with E-state index in [4.69, 9.17) is 11.6 Å². The summed E-state index contributed by atoms with van der Waals surface area (Å²) in [6, 6.07) is 9.68. The molecule has 0 aromatic heterocycles. The summed E-state index contributed by atoms with van der Waals surface area (Å²) in [4.78, 5) is 34.0. The van der Waals surface area contributed by atoms with Crippen molar-refractivity contribution in [1.29, 1.82) is 0 Å². The zero-order valence-corrected chi connectivity index (χ0v) is 16.8. The number of benzene rings is 2. The first-order chi connectivity index (χ1) is 14.3. The quantitative estimate of drug-likeness (QED) is 0.418. The van der Waals surface area contributed by atoms with E-state index in [-0.39, 0.29) is 22.3 Å². The highest BCUT2D eigenvalue weighted by molar-refractivity contribution is 8.00. The predicted molar refractivity (Wildman–Crippen MR) is 109 cm³/mol. The van der Waals surface area contributed by atoms with Gasteiger partial charge in [0, 0.05) is 23.3 Å². The zero-order chi connectivity index (χ0) is 21.6. The third-order valence-corrected chi connectivity index (χ3v) is 7.73. The Balaban J connectivity index is 1.73. The van der Waals surface area contributed by atoms with Gasteiger partial charge in [0.15, 0.2) is 0 Å². The van der Waals surface area contributed by atoms with Crippen LogP contribution < -0.4 is 10.4 Å². The van der Waals surface area contributed by atoms with Crippen molar-refractivity contribution in [3.05, 3.63) is 68.3 Å². The number of nitro groups is 2. The van der Waals surface area contributed by atoms with Crippen LogP contribution in [0.2, 0.25) is 0 Å². The summed E-state index contributed by atoms with van der Waals surface area (Å²) in [6.07, 6.45) is 0.364. The van der Waals surface area contributed by atoms with E-state index in [1.54, 1.807) is 30.3 Å². The molecule has 0 bridgehead atoms. The molecule has 11 heteroatoms. The molecule has 30 heavy (non-hydrogen) atoms. The molecule has 2 aromatic carbocycles. The summed E-state index contributed by atoms with van der Waals surface area (Å²) < 4.78 is 0. The van der Waals surface area contributed by atoms with Gasteiger partial charge in [0.1, 0.15) is 5.69 Å². The molecule has 4 rings (SSSR count). The number of hydrogen-bond donors (Lipinski definition) is 1. The number of nitro benzene ring substituents is 2. The van der Waals surface area contributed by atoms with Crippen LogP contribution in [0.15, 0.2) is 47.4 Å². The third kappa shape index (κ3) is 3.35. The molecule has 9 nitrogen and oxygen atoms in total. The van der Waals surface area contributed by atoms with Crippen molar-refractivity contribution in [3.8, 4) is 0 Å². The number of nitrogens with one attached hydrogen (secondary N) is 1. The fourth-order valence-corrected chi connectivity index (χ4v) is 6.33. The van der Waals surface area contributed by atoms with Gasteiger partial charge in [-0.05, 0) is 24.0 Å². The number of carboxylic acids is 1. The predicted octanol–water partition coefficient (Wildman–Crippen LogP) is 2.92. The van der Waals surface area contributed by atoms with Crippen LogP contribution in [0, 0.1) is 26.1 Å². The van der Waals surface area contributed by atoms with Crippen molar-refractivity contribution >= 4 is 46.4 Å². The maximum Gasteiger partial charge on any atom is 0.292 e. The first-order valence-corrected chi connectivity index (χ1v) is 10.4. The fraction of sp³-hybridized carbons (Fsp3) is 0.316. The van der Waals surface area contributed by atoms with E-state index in [9.17, 15) is 30.1 Å². The molecule has 1 aliphatic heterocycles. The number of thioether (sulfide) groups is 1. The molecule has 2 aromatic rings. The van der Waals surface area contributed by atoms with Crippen LogP contribution in [0.5, 0.6) is 0 Å². The van der Waals surface area contributed by atoms with Gasteiger partial charge in [0.25, 0.3) is 11.4 Å². The van der Waals surface area contributed by atoms with E-state index in [2.05, 4.69) is 5.32 Å².